The molecule has 0 saturated heterocycles. The second kappa shape index (κ2) is 5.56. The molecule has 0 fully saturated rings. The van der Waals surface area contributed by atoms with Crippen LogP contribution in [-0.4, -0.2) is 16.0 Å². The maximum Gasteiger partial charge on any atom is 0.124 e. The highest BCUT2D eigenvalue weighted by molar-refractivity contribution is 9.10. The average molecular weight is 365 g/mol. The molecule has 0 bridgehead atoms. The molecular weight excluding hydrogens is 352 g/mol. The summed E-state index contributed by atoms with van der Waals surface area (Å²) in [6, 6.07) is 21.7. The number of rotatable bonds is 2. The Bertz CT molecular complexity index is 997. The maximum atomic E-state index is 9.97. The first kappa shape index (κ1) is 14.0. The Labute approximate surface area is 141 Å². The molecule has 0 aliphatic carbocycles. The normalized spacial score (nSPS) is 11.7. The molecule has 4 rings (SSSR count). The lowest BCUT2D eigenvalue weighted by Crippen LogP contribution is -1.91. The summed E-state index contributed by atoms with van der Waals surface area (Å²) < 4.78 is 2.81. The number of phenolic OH excluding ortho intramolecular Hbond substituents is 1. The number of aromatic hydroxyl groups is 1. The van der Waals surface area contributed by atoms with Crippen molar-refractivity contribution in [1.82, 2.24) is 4.68 Å². The molecule has 0 atom stereocenters. The quantitative estimate of drug-likeness (QED) is 0.491. The Kier molecular flexibility index (Phi) is 3.39. The molecule has 0 aliphatic rings. The van der Waals surface area contributed by atoms with Crippen molar-refractivity contribution in [2.45, 2.75) is 0 Å². The van der Waals surface area contributed by atoms with Crippen LogP contribution in [0.15, 0.2) is 76.3 Å². The van der Waals surface area contributed by atoms with Crippen LogP contribution >= 0.6 is 15.9 Å². The molecule has 0 amide bonds. The van der Waals surface area contributed by atoms with Crippen molar-refractivity contribution in [3.8, 4) is 5.75 Å². The van der Waals surface area contributed by atoms with Gasteiger partial charge in [0.15, 0.2) is 0 Å². The van der Waals surface area contributed by atoms with Gasteiger partial charge in [-0.2, -0.15) is 5.10 Å². The number of halogens is 1. The SMILES string of the molecule is Oc1ccc(Br)cc1C=Nn1c2ccccc2c2ccccc21. The Balaban J connectivity index is 1.94. The van der Waals surface area contributed by atoms with Gasteiger partial charge in [0.2, 0.25) is 0 Å². The van der Waals surface area contributed by atoms with Crippen LogP contribution in [-0.2, 0) is 0 Å². The predicted octanol–water partition coefficient (Wildman–Crippen LogP) is 5.14. The third-order valence-electron chi connectivity index (χ3n) is 3.86. The highest BCUT2D eigenvalue weighted by atomic mass is 79.9. The number of nitrogens with zero attached hydrogens (tertiary/aromatic N) is 2. The Morgan fingerprint density at radius 2 is 1.48 bits per heavy atom. The monoisotopic (exact) mass is 364 g/mol. The van der Waals surface area contributed by atoms with Gasteiger partial charge in [-0.15, -0.1) is 0 Å². The van der Waals surface area contributed by atoms with Crippen LogP contribution in [0.3, 0.4) is 0 Å². The molecule has 112 valence electrons. The fourth-order valence-electron chi connectivity index (χ4n) is 2.78. The van der Waals surface area contributed by atoms with Gasteiger partial charge in [0.1, 0.15) is 5.75 Å². The summed E-state index contributed by atoms with van der Waals surface area (Å²) in [5.41, 5.74) is 2.75. The number of phenols is 1. The van der Waals surface area contributed by atoms with E-state index in [1.54, 1.807) is 18.3 Å². The molecule has 23 heavy (non-hydrogen) atoms. The molecule has 3 nitrogen and oxygen atoms in total. The van der Waals surface area contributed by atoms with Crippen molar-refractivity contribution in [2.24, 2.45) is 5.10 Å². The molecule has 0 radical (unpaired) electrons. The highest BCUT2D eigenvalue weighted by Crippen LogP contribution is 2.28. The Hall–Kier alpha value is -2.59. The third kappa shape index (κ3) is 2.41. The van der Waals surface area contributed by atoms with E-state index in [-0.39, 0.29) is 5.75 Å². The fraction of sp³-hybridized carbons (Fsp3) is 0. The number of aromatic nitrogens is 1. The van der Waals surface area contributed by atoms with E-state index in [0.29, 0.717) is 5.56 Å². The maximum absolute atomic E-state index is 9.97. The summed E-state index contributed by atoms with van der Waals surface area (Å²) in [7, 11) is 0. The highest BCUT2D eigenvalue weighted by Gasteiger charge is 2.08. The van der Waals surface area contributed by atoms with Crippen LogP contribution in [0.4, 0.5) is 0 Å². The van der Waals surface area contributed by atoms with E-state index in [2.05, 4.69) is 33.2 Å². The smallest absolute Gasteiger partial charge is 0.124 e. The molecule has 1 N–H and O–H groups in total. The zero-order valence-corrected chi connectivity index (χ0v) is 13.7. The fourth-order valence-corrected chi connectivity index (χ4v) is 3.15. The third-order valence-corrected chi connectivity index (χ3v) is 4.35. The number of fused-ring (bicyclic) bond motifs is 3. The first-order valence-electron chi connectivity index (χ1n) is 7.25. The van der Waals surface area contributed by atoms with E-state index in [4.69, 9.17) is 0 Å². The van der Waals surface area contributed by atoms with Gasteiger partial charge in [0.25, 0.3) is 0 Å². The van der Waals surface area contributed by atoms with Gasteiger partial charge < -0.3 is 5.11 Å². The minimum absolute atomic E-state index is 0.206. The van der Waals surface area contributed by atoms with E-state index >= 15 is 0 Å². The predicted molar refractivity (Wildman–Crippen MR) is 98.2 cm³/mol. The number of hydrogen-bond donors (Lipinski definition) is 1. The Morgan fingerprint density at radius 1 is 0.870 bits per heavy atom. The largest absolute Gasteiger partial charge is 0.507 e. The van der Waals surface area contributed by atoms with E-state index in [1.165, 1.54) is 10.8 Å². The second-order valence-corrected chi connectivity index (χ2v) is 6.21. The van der Waals surface area contributed by atoms with Crippen molar-refractivity contribution < 1.29 is 5.11 Å². The topological polar surface area (TPSA) is 37.5 Å². The lowest BCUT2D eigenvalue weighted by atomic mass is 10.2. The van der Waals surface area contributed by atoms with Crippen LogP contribution < -0.4 is 0 Å². The summed E-state index contributed by atoms with van der Waals surface area (Å²) in [4.78, 5) is 0. The molecule has 1 aromatic heterocycles. The van der Waals surface area contributed by atoms with E-state index < -0.39 is 0 Å². The second-order valence-electron chi connectivity index (χ2n) is 5.29. The van der Waals surface area contributed by atoms with Gasteiger partial charge >= 0.3 is 0 Å². The summed E-state index contributed by atoms with van der Waals surface area (Å²) in [5.74, 6) is 0.206. The van der Waals surface area contributed by atoms with Crippen molar-refractivity contribution in [1.29, 1.82) is 0 Å². The van der Waals surface area contributed by atoms with Crippen molar-refractivity contribution in [3.63, 3.8) is 0 Å². The molecule has 4 aromatic rings. The molecule has 0 aliphatic heterocycles. The minimum atomic E-state index is 0.206. The van der Waals surface area contributed by atoms with Crippen LogP contribution in [0.2, 0.25) is 0 Å². The molecule has 0 saturated carbocycles. The van der Waals surface area contributed by atoms with Crippen molar-refractivity contribution in [2.75, 3.05) is 0 Å². The minimum Gasteiger partial charge on any atom is -0.507 e. The summed E-state index contributed by atoms with van der Waals surface area (Å²) in [6.07, 6.45) is 1.68. The first-order chi connectivity index (χ1) is 11.2. The van der Waals surface area contributed by atoms with E-state index in [1.807, 2.05) is 47.1 Å². The molecule has 1 heterocycles. The van der Waals surface area contributed by atoms with Crippen LogP contribution in [0.1, 0.15) is 5.56 Å². The van der Waals surface area contributed by atoms with E-state index in [0.717, 1.165) is 15.5 Å². The van der Waals surface area contributed by atoms with Crippen LogP contribution in [0, 0.1) is 0 Å². The summed E-state index contributed by atoms with van der Waals surface area (Å²) in [5, 5.41) is 16.9. The molecule has 0 spiro atoms. The van der Waals surface area contributed by atoms with Gasteiger partial charge in [-0.05, 0) is 30.3 Å². The molecule has 4 heteroatoms. The lowest BCUT2D eigenvalue weighted by Gasteiger charge is -2.02. The molecular formula is C19H13BrN2O. The van der Waals surface area contributed by atoms with Gasteiger partial charge in [0.05, 0.1) is 17.2 Å². The zero-order valence-electron chi connectivity index (χ0n) is 12.1. The lowest BCUT2D eigenvalue weighted by molar-refractivity contribution is 0.474. The summed E-state index contributed by atoms with van der Waals surface area (Å²) >= 11 is 3.42. The van der Waals surface area contributed by atoms with Crippen LogP contribution in [0.5, 0.6) is 5.75 Å². The van der Waals surface area contributed by atoms with Crippen LogP contribution in [0.25, 0.3) is 21.8 Å². The molecule has 0 unspecified atom stereocenters. The zero-order chi connectivity index (χ0) is 15.8. The van der Waals surface area contributed by atoms with Gasteiger partial charge in [0, 0.05) is 20.8 Å². The number of para-hydroxylation sites is 2. The number of hydrogen-bond acceptors (Lipinski definition) is 2. The van der Waals surface area contributed by atoms with Gasteiger partial charge in [-0.25, -0.2) is 4.68 Å². The Morgan fingerprint density at radius 3 is 2.13 bits per heavy atom. The molecule has 3 aromatic carbocycles. The van der Waals surface area contributed by atoms with Gasteiger partial charge in [-0.1, -0.05) is 52.3 Å². The van der Waals surface area contributed by atoms with Crippen molar-refractivity contribution in [3.05, 3.63) is 76.8 Å². The first-order valence-corrected chi connectivity index (χ1v) is 8.04. The average Bonchev–Trinajstić information content (AvgIpc) is 2.90. The number of benzene rings is 3. The van der Waals surface area contributed by atoms with E-state index in [9.17, 15) is 5.11 Å². The van der Waals surface area contributed by atoms with Gasteiger partial charge in [-0.3, -0.25) is 0 Å². The van der Waals surface area contributed by atoms with Crippen molar-refractivity contribution >= 4 is 44.0 Å². The standard InChI is InChI=1S/C19H13BrN2O/c20-14-9-10-19(23)13(11-14)12-21-22-17-7-3-1-5-15(17)16-6-2-4-8-18(16)22/h1-12,23H. The summed E-state index contributed by atoms with van der Waals surface area (Å²) in [6.45, 7) is 0.